The van der Waals surface area contributed by atoms with Crippen molar-refractivity contribution in [2.75, 3.05) is 5.32 Å². The van der Waals surface area contributed by atoms with Gasteiger partial charge in [0.15, 0.2) is 5.82 Å². The van der Waals surface area contributed by atoms with Gasteiger partial charge in [0.2, 0.25) is 5.91 Å². The number of aryl methyl sites for hydroxylation is 2. The fourth-order valence-corrected chi connectivity index (χ4v) is 3.02. The van der Waals surface area contributed by atoms with Crippen molar-refractivity contribution >= 4 is 22.5 Å². The molecule has 130 valence electrons. The molecular weight excluding hydrogens is 326 g/mol. The number of para-hydroxylation sites is 2. The highest BCUT2D eigenvalue weighted by molar-refractivity contribution is 5.94. The molecule has 0 saturated heterocycles. The number of nitrogens with zero attached hydrogens (tertiary/aromatic N) is 3. The van der Waals surface area contributed by atoms with Crippen LogP contribution in [0, 0.1) is 6.92 Å². The van der Waals surface area contributed by atoms with E-state index in [2.05, 4.69) is 43.3 Å². The first-order chi connectivity index (χ1) is 12.7. The van der Waals surface area contributed by atoms with Crippen LogP contribution in [0.5, 0.6) is 0 Å². The van der Waals surface area contributed by atoms with Gasteiger partial charge in [-0.2, -0.15) is 5.10 Å². The average Bonchev–Trinajstić information content (AvgIpc) is 3.27. The fraction of sp³-hybridized carbons (Fsp3) is 0.150. The third-order valence-corrected chi connectivity index (χ3v) is 4.30. The molecule has 2 heterocycles. The molecule has 0 spiro atoms. The summed E-state index contributed by atoms with van der Waals surface area (Å²) in [5.41, 5.74) is 2.65. The lowest BCUT2D eigenvalue weighted by Crippen LogP contribution is -2.15. The first-order valence-electron chi connectivity index (χ1n) is 8.53. The van der Waals surface area contributed by atoms with E-state index in [-0.39, 0.29) is 5.91 Å². The summed E-state index contributed by atoms with van der Waals surface area (Å²) in [5, 5.41) is 11.2. The number of carbonyl (C=O) groups excluding carboxylic acids is 1. The maximum absolute atomic E-state index is 12.5. The van der Waals surface area contributed by atoms with Crippen molar-refractivity contribution in [3.05, 3.63) is 66.6 Å². The molecule has 2 N–H and O–H groups in total. The zero-order valence-electron chi connectivity index (χ0n) is 14.4. The number of nitrogens with one attached hydrogen (secondary N) is 2. The Kier molecular flexibility index (Phi) is 4.23. The third-order valence-electron chi connectivity index (χ3n) is 4.30. The minimum absolute atomic E-state index is 0.0394. The van der Waals surface area contributed by atoms with E-state index in [1.54, 1.807) is 0 Å². The number of hydrogen-bond acceptors (Lipinski definition) is 3. The number of aromatic amines is 1. The molecule has 2 aromatic carbocycles. The Hall–Kier alpha value is -3.41. The summed E-state index contributed by atoms with van der Waals surface area (Å²) in [4.78, 5) is 16.8. The van der Waals surface area contributed by atoms with Gasteiger partial charge in [-0.3, -0.25) is 9.89 Å². The van der Waals surface area contributed by atoms with Gasteiger partial charge < -0.3 is 9.88 Å². The minimum atomic E-state index is -0.0394. The maximum Gasteiger partial charge on any atom is 0.226 e. The molecule has 0 aliphatic rings. The number of fused-ring (bicyclic) bond motifs is 1. The molecule has 0 saturated carbocycles. The van der Waals surface area contributed by atoms with Crippen molar-refractivity contribution < 1.29 is 4.79 Å². The molecule has 6 nitrogen and oxygen atoms in total. The largest absolute Gasteiger partial charge is 0.347 e. The summed E-state index contributed by atoms with van der Waals surface area (Å²) in [6, 6.07) is 17.8. The van der Waals surface area contributed by atoms with E-state index < -0.39 is 0 Å². The molecular formula is C20H19N5O. The van der Waals surface area contributed by atoms with Crippen molar-refractivity contribution in [2.45, 2.75) is 19.9 Å². The van der Waals surface area contributed by atoms with E-state index in [1.165, 1.54) is 5.39 Å². The Morgan fingerprint density at radius 1 is 1.12 bits per heavy atom. The maximum atomic E-state index is 12.5. The van der Waals surface area contributed by atoms with Crippen LogP contribution in [0.25, 0.3) is 22.3 Å². The van der Waals surface area contributed by atoms with E-state index in [0.29, 0.717) is 24.5 Å². The molecule has 6 heteroatoms. The SMILES string of the molecule is Cc1nc(-c2ccccc2NC(=O)CCn2ccc3ccccc32)n[nH]1. The zero-order chi connectivity index (χ0) is 17.9. The summed E-state index contributed by atoms with van der Waals surface area (Å²) in [5.74, 6) is 1.28. The molecule has 2 aromatic heterocycles. The van der Waals surface area contributed by atoms with E-state index >= 15 is 0 Å². The average molecular weight is 345 g/mol. The van der Waals surface area contributed by atoms with Gasteiger partial charge in [-0.05, 0) is 36.6 Å². The van der Waals surface area contributed by atoms with E-state index in [0.717, 1.165) is 16.9 Å². The normalized spacial score (nSPS) is 11.0. The monoisotopic (exact) mass is 345 g/mol. The molecule has 4 rings (SSSR count). The molecule has 0 radical (unpaired) electrons. The van der Waals surface area contributed by atoms with Crippen molar-refractivity contribution in [1.82, 2.24) is 19.7 Å². The highest BCUT2D eigenvalue weighted by atomic mass is 16.1. The van der Waals surface area contributed by atoms with Crippen LogP contribution in [0.15, 0.2) is 60.8 Å². The van der Waals surface area contributed by atoms with Gasteiger partial charge in [0, 0.05) is 30.2 Å². The number of H-pyrrole nitrogens is 1. The lowest BCUT2D eigenvalue weighted by atomic mass is 10.1. The van der Waals surface area contributed by atoms with Crippen molar-refractivity contribution in [2.24, 2.45) is 0 Å². The first kappa shape index (κ1) is 16.1. The number of hydrogen-bond donors (Lipinski definition) is 2. The van der Waals surface area contributed by atoms with Crippen LogP contribution in [-0.2, 0) is 11.3 Å². The predicted octanol–water partition coefficient (Wildman–Crippen LogP) is 3.76. The number of benzene rings is 2. The Labute approximate surface area is 150 Å². The summed E-state index contributed by atoms with van der Waals surface area (Å²) in [7, 11) is 0. The number of amides is 1. The third kappa shape index (κ3) is 3.21. The molecule has 4 aromatic rings. The molecule has 0 aliphatic heterocycles. The Balaban J connectivity index is 1.47. The summed E-state index contributed by atoms with van der Waals surface area (Å²) < 4.78 is 2.10. The van der Waals surface area contributed by atoms with Gasteiger partial charge in [-0.15, -0.1) is 0 Å². The standard InChI is InChI=1S/C20H19N5O/c1-14-21-20(24-23-14)16-7-3-4-8-17(16)22-19(26)11-13-25-12-10-15-6-2-5-9-18(15)25/h2-10,12H,11,13H2,1H3,(H,22,26)(H,21,23,24). The molecule has 0 aliphatic carbocycles. The molecule has 0 unspecified atom stereocenters. The second-order valence-corrected chi connectivity index (χ2v) is 6.16. The van der Waals surface area contributed by atoms with E-state index in [9.17, 15) is 4.79 Å². The second-order valence-electron chi connectivity index (χ2n) is 6.16. The van der Waals surface area contributed by atoms with Crippen LogP contribution >= 0.6 is 0 Å². The second kappa shape index (κ2) is 6.84. The van der Waals surface area contributed by atoms with Crippen LogP contribution < -0.4 is 5.32 Å². The predicted molar refractivity (Wildman–Crippen MR) is 102 cm³/mol. The van der Waals surface area contributed by atoms with Crippen LogP contribution in [0.1, 0.15) is 12.2 Å². The Bertz CT molecular complexity index is 1060. The van der Waals surface area contributed by atoms with Gasteiger partial charge in [-0.1, -0.05) is 30.3 Å². The van der Waals surface area contributed by atoms with Gasteiger partial charge in [0.05, 0.1) is 5.69 Å². The van der Waals surface area contributed by atoms with Crippen LogP contribution in [0.4, 0.5) is 5.69 Å². The Morgan fingerprint density at radius 2 is 1.92 bits per heavy atom. The fourth-order valence-electron chi connectivity index (χ4n) is 3.02. The number of aromatic nitrogens is 4. The lowest BCUT2D eigenvalue weighted by Gasteiger charge is -2.10. The van der Waals surface area contributed by atoms with Gasteiger partial charge in [0.25, 0.3) is 0 Å². The highest BCUT2D eigenvalue weighted by Gasteiger charge is 2.12. The Morgan fingerprint density at radius 3 is 2.77 bits per heavy atom. The van der Waals surface area contributed by atoms with Gasteiger partial charge in [-0.25, -0.2) is 4.98 Å². The number of anilines is 1. The molecule has 26 heavy (non-hydrogen) atoms. The molecule has 0 bridgehead atoms. The van der Waals surface area contributed by atoms with Crippen molar-refractivity contribution in [3.8, 4) is 11.4 Å². The minimum Gasteiger partial charge on any atom is -0.347 e. The number of carbonyl (C=O) groups is 1. The summed E-state index contributed by atoms with van der Waals surface area (Å²) >= 11 is 0. The zero-order valence-corrected chi connectivity index (χ0v) is 14.4. The van der Waals surface area contributed by atoms with E-state index in [1.807, 2.05) is 49.5 Å². The van der Waals surface area contributed by atoms with Crippen molar-refractivity contribution in [3.63, 3.8) is 0 Å². The smallest absolute Gasteiger partial charge is 0.226 e. The highest BCUT2D eigenvalue weighted by Crippen LogP contribution is 2.25. The lowest BCUT2D eigenvalue weighted by molar-refractivity contribution is -0.116. The van der Waals surface area contributed by atoms with Crippen LogP contribution in [0.3, 0.4) is 0 Å². The van der Waals surface area contributed by atoms with Crippen LogP contribution in [-0.4, -0.2) is 25.7 Å². The first-order valence-corrected chi connectivity index (χ1v) is 8.53. The van der Waals surface area contributed by atoms with Gasteiger partial charge in [0.1, 0.15) is 5.82 Å². The molecule has 0 fully saturated rings. The quantitative estimate of drug-likeness (QED) is 0.578. The molecule has 1 amide bonds. The van der Waals surface area contributed by atoms with Crippen LogP contribution in [0.2, 0.25) is 0 Å². The van der Waals surface area contributed by atoms with Gasteiger partial charge >= 0.3 is 0 Å². The topological polar surface area (TPSA) is 75.6 Å². The van der Waals surface area contributed by atoms with E-state index in [4.69, 9.17) is 0 Å². The number of rotatable bonds is 5. The summed E-state index contributed by atoms with van der Waals surface area (Å²) in [6.45, 7) is 2.47. The molecule has 0 atom stereocenters. The summed E-state index contributed by atoms with van der Waals surface area (Å²) in [6.07, 6.45) is 2.41. The van der Waals surface area contributed by atoms with Crippen molar-refractivity contribution in [1.29, 1.82) is 0 Å².